The van der Waals surface area contributed by atoms with Gasteiger partial charge in [-0.25, -0.2) is 0 Å². The molecule has 0 radical (unpaired) electrons. The number of aromatic nitrogens is 2. The number of hydrogen-bond donors (Lipinski definition) is 1. The number of benzene rings is 2. The molecule has 0 unspecified atom stereocenters. The quantitative estimate of drug-likeness (QED) is 0.699. The summed E-state index contributed by atoms with van der Waals surface area (Å²) in [6.45, 7) is 0.506. The van der Waals surface area contributed by atoms with Crippen molar-refractivity contribution in [1.82, 2.24) is 15.1 Å². The van der Waals surface area contributed by atoms with E-state index in [0.717, 1.165) is 16.8 Å². The summed E-state index contributed by atoms with van der Waals surface area (Å²) in [6, 6.07) is 17.4. The maximum absolute atomic E-state index is 12.4. The Kier molecular flexibility index (Phi) is 5.76. The highest BCUT2D eigenvalue weighted by Gasteiger charge is 2.13. The van der Waals surface area contributed by atoms with Crippen LogP contribution in [0.25, 0.3) is 11.3 Å². The molecule has 0 saturated heterocycles. The molecule has 0 saturated carbocycles. The van der Waals surface area contributed by atoms with Gasteiger partial charge in [0.25, 0.3) is 5.91 Å². The van der Waals surface area contributed by atoms with Gasteiger partial charge in [0.2, 0.25) is 0 Å². The maximum atomic E-state index is 12.4. The second kappa shape index (κ2) is 8.40. The molecule has 1 N–H and O–H groups in total. The second-order valence-electron chi connectivity index (χ2n) is 6.10. The van der Waals surface area contributed by atoms with Crippen LogP contribution in [-0.4, -0.2) is 36.5 Å². The molecule has 1 aromatic heterocycles. The molecule has 0 bridgehead atoms. The molecule has 0 aliphatic carbocycles. The van der Waals surface area contributed by atoms with Crippen molar-refractivity contribution in [2.75, 3.05) is 20.8 Å². The Morgan fingerprint density at radius 1 is 1.04 bits per heavy atom. The van der Waals surface area contributed by atoms with Gasteiger partial charge in [0.1, 0.15) is 0 Å². The van der Waals surface area contributed by atoms with Crippen molar-refractivity contribution in [3.05, 3.63) is 65.9 Å². The lowest BCUT2D eigenvalue weighted by Crippen LogP contribution is -2.26. The number of carbonyl (C=O) groups excluding carboxylic acids is 1. The number of amides is 1. The first-order valence-electron chi connectivity index (χ1n) is 8.71. The lowest BCUT2D eigenvalue weighted by Gasteiger charge is -2.09. The summed E-state index contributed by atoms with van der Waals surface area (Å²) < 4.78 is 12.3. The molecule has 6 heteroatoms. The van der Waals surface area contributed by atoms with Crippen LogP contribution in [0.4, 0.5) is 0 Å². The van der Waals surface area contributed by atoms with Gasteiger partial charge in [-0.1, -0.05) is 36.4 Å². The standard InChI is InChI=1S/C21H23N3O3/c1-24-18(16-7-5-4-6-8-16)14-17(23-24)21(25)22-12-11-15-9-10-19(26-2)20(13-15)27-3/h4-10,13-14H,11-12H2,1-3H3,(H,22,25). The van der Waals surface area contributed by atoms with Crippen molar-refractivity contribution < 1.29 is 14.3 Å². The Morgan fingerprint density at radius 2 is 1.78 bits per heavy atom. The van der Waals surface area contributed by atoms with Crippen LogP contribution in [-0.2, 0) is 13.5 Å². The van der Waals surface area contributed by atoms with Gasteiger partial charge >= 0.3 is 0 Å². The first-order chi connectivity index (χ1) is 13.1. The highest BCUT2D eigenvalue weighted by molar-refractivity contribution is 5.93. The van der Waals surface area contributed by atoms with E-state index in [1.165, 1.54) is 0 Å². The van der Waals surface area contributed by atoms with Gasteiger partial charge in [-0.15, -0.1) is 0 Å². The minimum absolute atomic E-state index is 0.187. The van der Waals surface area contributed by atoms with E-state index in [2.05, 4.69) is 10.4 Å². The van der Waals surface area contributed by atoms with E-state index in [4.69, 9.17) is 9.47 Å². The van der Waals surface area contributed by atoms with Gasteiger partial charge in [-0.2, -0.15) is 5.10 Å². The molecule has 1 amide bonds. The van der Waals surface area contributed by atoms with Crippen molar-refractivity contribution in [3.63, 3.8) is 0 Å². The molecule has 0 spiro atoms. The van der Waals surface area contributed by atoms with E-state index in [1.54, 1.807) is 25.0 Å². The fourth-order valence-electron chi connectivity index (χ4n) is 2.90. The topological polar surface area (TPSA) is 65.4 Å². The van der Waals surface area contributed by atoms with E-state index in [1.807, 2.05) is 55.6 Å². The first kappa shape index (κ1) is 18.5. The zero-order valence-electron chi connectivity index (χ0n) is 15.7. The number of ether oxygens (including phenoxy) is 2. The van der Waals surface area contributed by atoms with E-state index in [0.29, 0.717) is 30.2 Å². The first-order valence-corrected chi connectivity index (χ1v) is 8.71. The van der Waals surface area contributed by atoms with Gasteiger partial charge in [0.15, 0.2) is 17.2 Å². The number of methoxy groups -OCH3 is 2. The Bertz CT molecular complexity index is 920. The van der Waals surface area contributed by atoms with Crippen LogP contribution < -0.4 is 14.8 Å². The van der Waals surface area contributed by atoms with Crippen LogP contribution in [0.2, 0.25) is 0 Å². The largest absolute Gasteiger partial charge is 0.493 e. The van der Waals surface area contributed by atoms with Crippen LogP contribution in [0.15, 0.2) is 54.6 Å². The molecule has 6 nitrogen and oxygen atoms in total. The van der Waals surface area contributed by atoms with Crippen molar-refractivity contribution in [2.24, 2.45) is 7.05 Å². The van der Waals surface area contributed by atoms with Gasteiger partial charge in [0, 0.05) is 13.6 Å². The molecule has 140 valence electrons. The lowest BCUT2D eigenvalue weighted by atomic mass is 10.1. The predicted octanol–water partition coefficient (Wildman–Crippen LogP) is 3.08. The summed E-state index contributed by atoms with van der Waals surface area (Å²) in [6.07, 6.45) is 0.685. The molecule has 3 aromatic rings. The smallest absolute Gasteiger partial charge is 0.271 e. The van der Waals surface area contributed by atoms with Gasteiger partial charge in [0.05, 0.1) is 19.9 Å². The molecule has 0 aliphatic heterocycles. The molecular formula is C21H23N3O3. The molecule has 2 aromatic carbocycles. The average Bonchev–Trinajstić information content (AvgIpc) is 3.10. The number of rotatable bonds is 7. The Balaban J connectivity index is 1.62. The molecule has 3 rings (SSSR count). The molecule has 1 heterocycles. The maximum Gasteiger partial charge on any atom is 0.271 e. The Morgan fingerprint density at radius 3 is 2.48 bits per heavy atom. The van der Waals surface area contributed by atoms with Gasteiger partial charge in [-0.05, 0) is 35.7 Å². The third-order valence-corrected chi connectivity index (χ3v) is 4.33. The van der Waals surface area contributed by atoms with Gasteiger partial charge in [-0.3, -0.25) is 9.48 Å². The van der Waals surface area contributed by atoms with Crippen LogP contribution in [0.3, 0.4) is 0 Å². The van der Waals surface area contributed by atoms with Crippen molar-refractivity contribution >= 4 is 5.91 Å². The van der Waals surface area contributed by atoms with Crippen LogP contribution >= 0.6 is 0 Å². The minimum atomic E-state index is -0.187. The van der Waals surface area contributed by atoms with Crippen molar-refractivity contribution in [1.29, 1.82) is 0 Å². The van der Waals surface area contributed by atoms with Crippen LogP contribution in [0.5, 0.6) is 11.5 Å². The molecule has 27 heavy (non-hydrogen) atoms. The number of aryl methyl sites for hydroxylation is 1. The minimum Gasteiger partial charge on any atom is -0.493 e. The third kappa shape index (κ3) is 4.28. The van der Waals surface area contributed by atoms with Crippen molar-refractivity contribution in [2.45, 2.75) is 6.42 Å². The molecule has 0 fully saturated rings. The second-order valence-corrected chi connectivity index (χ2v) is 6.10. The van der Waals surface area contributed by atoms with Crippen LogP contribution in [0.1, 0.15) is 16.1 Å². The third-order valence-electron chi connectivity index (χ3n) is 4.33. The number of nitrogens with zero attached hydrogens (tertiary/aromatic N) is 2. The number of nitrogens with one attached hydrogen (secondary N) is 1. The predicted molar refractivity (Wildman–Crippen MR) is 104 cm³/mol. The van der Waals surface area contributed by atoms with E-state index in [9.17, 15) is 4.79 Å². The molecule has 0 aliphatic rings. The summed E-state index contributed by atoms with van der Waals surface area (Å²) >= 11 is 0. The van der Waals surface area contributed by atoms with Crippen LogP contribution in [0, 0.1) is 0 Å². The van der Waals surface area contributed by atoms with Crippen molar-refractivity contribution in [3.8, 4) is 22.8 Å². The summed E-state index contributed by atoms with van der Waals surface area (Å²) in [4.78, 5) is 12.4. The Hall–Kier alpha value is -3.28. The molecule has 0 atom stereocenters. The summed E-state index contributed by atoms with van der Waals surface area (Å²) in [5.74, 6) is 1.18. The summed E-state index contributed by atoms with van der Waals surface area (Å²) in [5.41, 5.74) is 3.39. The summed E-state index contributed by atoms with van der Waals surface area (Å²) in [7, 11) is 5.05. The number of hydrogen-bond acceptors (Lipinski definition) is 4. The normalized spacial score (nSPS) is 10.5. The average molecular weight is 365 g/mol. The zero-order valence-corrected chi connectivity index (χ0v) is 15.7. The van der Waals surface area contributed by atoms with E-state index >= 15 is 0 Å². The fraction of sp³-hybridized carbons (Fsp3) is 0.238. The van der Waals surface area contributed by atoms with Gasteiger partial charge < -0.3 is 14.8 Å². The van der Waals surface area contributed by atoms with E-state index < -0.39 is 0 Å². The SMILES string of the molecule is COc1ccc(CCNC(=O)c2cc(-c3ccccc3)n(C)n2)cc1OC. The van der Waals surface area contributed by atoms with E-state index in [-0.39, 0.29) is 5.91 Å². The monoisotopic (exact) mass is 365 g/mol. The lowest BCUT2D eigenvalue weighted by molar-refractivity contribution is 0.0948. The summed E-state index contributed by atoms with van der Waals surface area (Å²) in [5, 5.41) is 7.25. The fourth-order valence-corrected chi connectivity index (χ4v) is 2.90. The zero-order chi connectivity index (χ0) is 19.2. The molecular weight excluding hydrogens is 342 g/mol. The highest BCUT2D eigenvalue weighted by Crippen LogP contribution is 2.27. The highest BCUT2D eigenvalue weighted by atomic mass is 16.5. The Labute approximate surface area is 158 Å². The number of carbonyl (C=O) groups is 1.